The highest BCUT2D eigenvalue weighted by molar-refractivity contribution is 6.09. The Hall–Kier alpha value is -2.76. The molecule has 1 fully saturated rings. The van der Waals surface area contributed by atoms with Crippen molar-refractivity contribution in [2.45, 2.75) is 25.4 Å². The number of carbonyl (C=O) groups excluding carboxylic acids is 1. The number of hydrogen-bond acceptors (Lipinski definition) is 2. The summed E-state index contributed by atoms with van der Waals surface area (Å²) in [5, 5.41) is 0. The first kappa shape index (κ1) is 17.6. The van der Waals surface area contributed by atoms with E-state index in [9.17, 15) is 18.0 Å². The van der Waals surface area contributed by atoms with Gasteiger partial charge in [0.1, 0.15) is 0 Å². The van der Waals surface area contributed by atoms with Crippen molar-refractivity contribution in [2.24, 2.45) is 0 Å². The van der Waals surface area contributed by atoms with Gasteiger partial charge in [-0.2, -0.15) is 13.2 Å². The fourth-order valence-electron chi connectivity index (χ4n) is 3.80. The van der Waals surface area contributed by atoms with E-state index < -0.39 is 12.1 Å². The lowest BCUT2D eigenvalue weighted by atomic mass is 10.0. The number of alkyl halides is 3. The van der Waals surface area contributed by atoms with E-state index in [2.05, 4.69) is 4.90 Å². The van der Waals surface area contributed by atoms with Gasteiger partial charge in [-0.15, -0.1) is 0 Å². The lowest BCUT2D eigenvalue weighted by molar-refractivity contribution is -0.169. The van der Waals surface area contributed by atoms with Gasteiger partial charge >= 0.3 is 12.1 Å². The van der Waals surface area contributed by atoms with E-state index in [1.54, 1.807) is 48.5 Å². The van der Waals surface area contributed by atoms with Gasteiger partial charge in [-0.05, 0) is 37.5 Å². The molecule has 0 bridgehead atoms. The van der Waals surface area contributed by atoms with E-state index in [-0.39, 0.29) is 11.4 Å². The molecule has 27 heavy (non-hydrogen) atoms. The molecular formula is C21H19F3N2O. The first-order valence-corrected chi connectivity index (χ1v) is 9.03. The van der Waals surface area contributed by atoms with Crippen molar-refractivity contribution in [1.29, 1.82) is 0 Å². The zero-order valence-corrected chi connectivity index (χ0v) is 14.7. The van der Waals surface area contributed by atoms with Crippen molar-refractivity contribution >= 4 is 29.1 Å². The molecule has 0 radical (unpaired) electrons. The highest BCUT2D eigenvalue weighted by atomic mass is 19.4. The Labute approximate surface area is 155 Å². The summed E-state index contributed by atoms with van der Waals surface area (Å²) in [7, 11) is 0. The molecule has 0 aliphatic carbocycles. The second-order valence-corrected chi connectivity index (χ2v) is 6.79. The van der Waals surface area contributed by atoms with Crippen LogP contribution in [0, 0.1) is 0 Å². The van der Waals surface area contributed by atoms with E-state index >= 15 is 0 Å². The fourth-order valence-corrected chi connectivity index (χ4v) is 3.80. The molecule has 0 saturated carbocycles. The van der Waals surface area contributed by atoms with E-state index in [1.807, 2.05) is 6.08 Å². The molecule has 2 aromatic rings. The third-order valence-corrected chi connectivity index (χ3v) is 5.03. The maximum atomic E-state index is 13.4. The molecule has 2 aliphatic heterocycles. The monoisotopic (exact) mass is 372 g/mol. The van der Waals surface area contributed by atoms with Crippen LogP contribution < -0.4 is 4.90 Å². The topological polar surface area (TPSA) is 23.6 Å². The van der Waals surface area contributed by atoms with Gasteiger partial charge in [-0.3, -0.25) is 9.69 Å². The number of nitrogens with zero attached hydrogens (tertiary/aromatic N) is 2. The maximum absolute atomic E-state index is 13.4. The minimum absolute atomic E-state index is 0.249. The van der Waals surface area contributed by atoms with Gasteiger partial charge in [0, 0.05) is 29.9 Å². The van der Waals surface area contributed by atoms with Crippen LogP contribution in [0.4, 0.5) is 24.5 Å². The number of piperidine rings is 1. The normalized spacial score (nSPS) is 16.9. The summed E-state index contributed by atoms with van der Waals surface area (Å²) in [5.74, 6) is -1.88. The number of hydrogen-bond donors (Lipinski definition) is 0. The summed E-state index contributed by atoms with van der Waals surface area (Å²) >= 11 is 0. The predicted molar refractivity (Wildman–Crippen MR) is 99.4 cm³/mol. The van der Waals surface area contributed by atoms with Gasteiger partial charge in [-0.25, -0.2) is 0 Å². The number of likely N-dealkylation sites (tertiary alicyclic amines) is 1. The molecule has 0 N–H and O–H groups in total. The summed E-state index contributed by atoms with van der Waals surface area (Å²) in [6.45, 7) is 1.71. The van der Waals surface area contributed by atoms with Crippen LogP contribution in [0.2, 0.25) is 0 Å². The number of benzene rings is 2. The molecule has 0 atom stereocenters. The maximum Gasteiger partial charge on any atom is 0.472 e. The molecule has 2 heterocycles. The van der Waals surface area contributed by atoms with Crippen molar-refractivity contribution in [1.82, 2.24) is 4.90 Å². The first-order valence-electron chi connectivity index (χ1n) is 9.03. The number of fused-ring (bicyclic) bond motifs is 2. The van der Waals surface area contributed by atoms with Gasteiger partial charge < -0.3 is 4.90 Å². The van der Waals surface area contributed by atoms with E-state index in [4.69, 9.17) is 0 Å². The van der Waals surface area contributed by atoms with Gasteiger partial charge in [0.15, 0.2) is 0 Å². The van der Waals surface area contributed by atoms with Crippen LogP contribution >= 0.6 is 0 Å². The molecule has 4 rings (SSSR count). The van der Waals surface area contributed by atoms with E-state index in [0.29, 0.717) is 11.1 Å². The summed E-state index contributed by atoms with van der Waals surface area (Å²) in [5.41, 5.74) is 2.64. The summed E-state index contributed by atoms with van der Waals surface area (Å²) in [6.07, 6.45) is 0.193. The van der Waals surface area contributed by atoms with Gasteiger partial charge in [0.25, 0.3) is 0 Å². The summed E-state index contributed by atoms with van der Waals surface area (Å²) in [4.78, 5) is 15.4. The van der Waals surface area contributed by atoms with Crippen molar-refractivity contribution in [2.75, 3.05) is 18.0 Å². The molecule has 1 saturated heterocycles. The molecule has 6 heteroatoms. The van der Waals surface area contributed by atoms with Crippen LogP contribution in [0.25, 0.3) is 11.8 Å². The van der Waals surface area contributed by atoms with Gasteiger partial charge in [0.2, 0.25) is 0 Å². The molecule has 0 unspecified atom stereocenters. The van der Waals surface area contributed by atoms with Gasteiger partial charge in [0.05, 0.1) is 11.4 Å². The van der Waals surface area contributed by atoms with Crippen LogP contribution in [0.1, 0.15) is 30.4 Å². The van der Waals surface area contributed by atoms with Crippen LogP contribution in [0.5, 0.6) is 0 Å². The minimum atomic E-state index is -4.96. The molecule has 0 spiro atoms. The number of anilines is 2. The number of rotatable bonds is 1. The summed E-state index contributed by atoms with van der Waals surface area (Å²) < 4.78 is 40.2. The largest absolute Gasteiger partial charge is 0.472 e. The quantitative estimate of drug-likeness (QED) is 0.686. The molecule has 2 aromatic carbocycles. The molecular weight excluding hydrogens is 353 g/mol. The predicted octanol–water partition coefficient (Wildman–Crippen LogP) is 5.21. The van der Waals surface area contributed by atoms with Crippen molar-refractivity contribution in [3.8, 4) is 0 Å². The molecule has 1 amide bonds. The average Bonchev–Trinajstić information content (AvgIpc) is 2.82. The van der Waals surface area contributed by atoms with Crippen molar-refractivity contribution in [3.05, 3.63) is 59.7 Å². The Balaban J connectivity index is 1.94. The smallest absolute Gasteiger partial charge is 0.371 e. The van der Waals surface area contributed by atoms with Crippen LogP contribution in [0.15, 0.2) is 48.5 Å². The Kier molecular flexibility index (Phi) is 4.42. The highest BCUT2D eigenvalue weighted by Gasteiger charge is 2.45. The Morgan fingerprint density at radius 1 is 0.852 bits per heavy atom. The minimum Gasteiger partial charge on any atom is -0.371 e. The number of amides is 1. The standard InChI is InChI=1S/C21H19F3N2O/c22-21(23,24)20(27)26-17-10-4-2-8-15(17)14-19(25-12-6-1-7-13-25)16-9-3-5-11-18(16)26/h2-5,8-11,14H,1,6-7,12-13H2. The van der Waals surface area contributed by atoms with E-state index in [1.165, 1.54) is 0 Å². The second-order valence-electron chi connectivity index (χ2n) is 6.79. The lowest BCUT2D eigenvalue weighted by Gasteiger charge is -2.32. The molecule has 0 aromatic heterocycles. The van der Waals surface area contributed by atoms with Gasteiger partial charge in [-0.1, -0.05) is 36.4 Å². The number of halogens is 3. The van der Waals surface area contributed by atoms with E-state index in [0.717, 1.165) is 42.9 Å². The Bertz CT molecular complexity index is 898. The van der Waals surface area contributed by atoms with Crippen molar-refractivity contribution < 1.29 is 18.0 Å². The third-order valence-electron chi connectivity index (χ3n) is 5.03. The number of carbonyl (C=O) groups is 1. The SMILES string of the molecule is O=C(N1c2ccccc2C=C(N2CCCCC2)c2ccccc21)C(F)(F)F. The Morgan fingerprint density at radius 3 is 2.19 bits per heavy atom. The zero-order valence-electron chi connectivity index (χ0n) is 14.7. The molecule has 3 nitrogen and oxygen atoms in total. The lowest BCUT2D eigenvalue weighted by Crippen LogP contribution is -2.38. The average molecular weight is 372 g/mol. The van der Waals surface area contributed by atoms with Crippen LogP contribution in [-0.4, -0.2) is 30.1 Å². The highest BCUT2D eigenvalue weighted by Crippen LogP contribution is 2.43. The third kappa shape index (κ3) is 3.20. The number of para-hydroxylation sites is 2. The zero-order chi connectivity index (χ0) is 19.0. The molecule has 140 valence electrons. The van der Waals surface area contributed by atoms with Crippen LogP contribution in [0.3, 0.4) is 0 Å². The van der Waals surface area contributed by atoms with Crippen LogP contribution in [-0.2, 0) is 4.79 Å². The fraction of sp³-hybridized carbons (Fsp3) is 0.286. The summed E-state index contributed by atoms with van der Waals surface area (Å²) in [6, 6.07) is 13.6. The molecule has 2 aliphatic rings. The van der Waals surface area contributed by atoms with Crippen molar-refractivity contribution in [3.63, 3.8) is 0 Å². The second kappa shape index (κ2) is 6.76. The Morgan fingerprint density at radius 2 is 1.48 bits per heavy atom. The first-order chi connectivity index (χ1) is 13.0.